The molecule has 0 spiro atoms. The third kappa shape index (κ3) is 4.29. The van der Waals surface area contributed by atoms with E-state index in [1.165, 1.54) is 0 Å². The van der Waals surface area contributed by atoms with Gasteiger partial charge >= 0.3 is 0 Å². The first-order chi connectivity index (χ1) is 11.3. The topological polar surface area (TPSA) is 49.8 Å². The predicted molar refractivity (Wildman–Crippen MR) is 96.4 cm³/mol. The summed E-state index contributed by atoms with van der Waals surface area (Å²) in [7, 11) is 1.78. The Hall–Kier alpha value is -1.55. The molecule has 1 aromatic rings. The molecule has 0 radical (unpaired) electrons. The Labute approximate surface area is 145 Å². The maximum absolute atomic E-state index is 12.7. The molecule has 0 aromatic heterocycles. The summed E-state index contributed by atoms with van der Waals surface area (Å²) in [5.41, 5.74) is 2.23. The van der Waals surface area contributed by atoms with Crippen molar-refractivity contribution in [3.05, 3.63) is 29.3 Å². The highest BCUT2D eigenvalue weighted by Crippen LogP contribution is 2.29. The summed E-state index contributed by atoms with van der Waals surface area (Å²) in [6.07, 6.45) is 2.73. The van der Waals surface area contributed by atoms with Crippen molar-refractivity contribution >= 4 is 5.91 Å². The lowest BCUT2D eigenvalue weighted by Gasteiger charge is -2.36. The maximum atomic E-state index is 12.7. The molecule has 4 heteroatoms. The van der Waals surface area contributed by atoms with Crippen molar-refractivity contribution in [2.24, 2.45) is 0 Å². The van der Waals surface area contributed by atoms with Gasteiger partial charge in [0, 0.05) is 7.05 Å². The number of carbonyl (C=O) groups is 1. The van der Waals surface area contributed by atoms with E-state index in [1.807, 2.05) is 13.0 Å². The van der Waals surface area contributed by atoms with Gasteiger partial charge in [0.25, 0.3) is 5.91 Å². The lowest BCUT2D eigenvalue weighted by atomic mass is 9.91. The molecule has 0 aliphatic heterocycles. The van der Waals surface area contributed by atoms with Crippen LogP contribution in [0, 0.1) is 6.92 Å². The fraction of sp³-hybridized carbons (Fsp3) is 0.650. The average molecular weight is 333 g/mol. The number of ether oxygens (including phenoxy) is 1. The molecule has 3 atom stereocenters. The van der Waals surface area contributed by atoms with Crippen LogP contribution in [-0.2, 0) is 4.79 Å². The Morgan fingerprint density at radius 3 is 2.54 bits per heavy atom. The van der Waals surface area contributed by atoms with E-state index < -0.39 is 12.2 Å². The molecule has 1 saturated carbocycles. The molecule has 0 saturated heterocycles. The lowest BCUT2D eigenvalue weighted by Crippen LogP contribution is -2.50. The van der Waals surface area contributed by atoms with Crippen molar-refractivity contribution < 1.29 is 14.6 Å². The van der Waals surface area contributed by atoms with Crippen LogP contribution in [0.5, 0.6) is 5.75 Å². The number of aliphatic hydroxyl groups excluding tert-OH is 1. The first-order valence-electron chi connectivity index (χ1n) is 9.03. The largest absolute Gasteiger partial charge is 0.481 e. The van der Waals surface area contributed by atoms with Gasteiger partial charge in [-0.2, -0.15) is 0 Å². The standard InChI is InChI=1S/C20H31NO3/c1-13(2)16-11-10-14(3)12-19(16)24-15(4)20(23)21(5)17-8-6-7-9-18(17)22/h10-13,15,17-18,22H,6-9H2,1-5H3/t15-,17-,18-/m1/s1. The number of hydrogen-bond acceptors (Lipinski definition) is 3. The van der Waals surface area contributed by atoms with E-state index in [0.717, 1.165) is 42.6 Å². The molecule has 1 aliphatic rings. The number of aliphatic hydroxyl groups is 1. The number of likely N-dealkylation sites (N-methyl/N-ethyl adjacent to an activating group) is 1. The Morgan fingerprint density at radius 1 is 1.25 bits per heavy atom. The average Bonchev–Trinajstić information content (AvgIpc) is 2.53. The normalized spacial score (nSPS) is 22.3. The molecule has 1 N–H and O–H groups in total. The quantitative estimate of drug-likeness (QED) is 0.895. The molecule has 0 unspecified atom stereocenters. The zero-order chi connectivity index (χ0) is 17.9. The zero-order valence-electron chi connectivity index (χ0n) is 15.6. The highest BCUT2D eigenvalue weighted by molar-refractivity contribution is 5.81. The lowest BCUT2D eigenvalue weighted by molar-refractivity contribution is -0.142. The van der Waals surface area contributed by atoms with Gasteiger partial charge in [-0.3, -0.25) is 4.79 Å². The molecule has 1 aliphatic carbocycles. The Kier molecular flexibility index (Phi) is 6.27. The second-order valence-electron chi connectivity index (χ2n) is 7.32. The number of amides is 1. The fourth-order valence-corrected chi connectivity index (χ4v) is 3.46. The van der Waals surface area contributed by atoms with Crippen LogP contribution in [0.15, 0.2) is 18.2 Å². The highest BCUT2D eigenvalue weighted by atomic mass is 16.5. The third-order valence-corrected chi connectivity index (χ3v) is 4.98. The van der Waals surface area contributed by atoms with Gasteiger partial charge in [0.15, 0.2) is 6.10 Å². The van der Waals surface area contributed by atoms with E-state index in [4.69, 9.17) is 4.74 Å². The summed E-state index contributed by atoms with van der Waals surface area (Å²) in [5.74, 6) is 1.04. The zero-order valence-corrected chi connectivity index (χ0v) is 15.6. The van der Waals surface area contributed by atoms with Crippen molar-refractivity contribution in [1.29, 1.82) is 0 Å². The minimum atomic E-state index is -0.566. The monoisotopic (exact) mass is 333 g/mol. The van der Waals surface area contributed by atoms with E-state index in [2.05, 4.69) is 26.0 Å². The van der Waals surface area contributed by atoms with E-state index in [1.54, 1.807) is 18.9 Å². The van der Waals surface area contributed by atoms with Crippen LogP contribution < -0.4 is 4.74 Å². The Balaban J connectivity index is 2.10. The summed E-state index contributed by atoms with van der Waals surface area (Å²) in [4.78, 5) is 14.4. The molecular formula is C20H31NO3. The number of hydrogen-bond donors (Lipinski definition) is 1. The molecule has 1 fully saturated rings. The minimum Gasteiger partial charge on any atom is -0.481 e. The van der Waals surface area contributed by atoms with Crippen molar-refractivity contribution in [1.82, 2.24) is 4.90 Å². The van der Waals surface area contributed by atoms with Gasteiger partial charge in [-0.15, -0.1) is 0 Å². The molecular weight excluding hydrogens is 302 g/mol. The van der Waals surface area contributed by atoms with Crippen LogP contribution in [0.4, 0.5) is 0 Å². The maximum Gasteiger partial charge on any atom is 0.263 e. The number of carbonyl (C=O) groups excluding carboxylic acids is 1. The van der Waals surface area contributed by atoms with Crippen molar-refractivity contribution in [3.63, 3.8) is 0 Å². The van der Waals surface area contributed by atoms with Gasteiger partial charge in [0.1, 0.15) is 5.75 Å². The van der Waals surface area contributed by atoms with Crippen LogP contribution in [0.1, 0.15) is 63.5 Å². The molecule has 2 rings (SSSR count). The van der Waals surface area contributed by atoms with Crippen molar-refractivity contribution in [2.75, 3.05) is 7.05 Å². The van der Waals surface area contributed by atoms with Crippen LogP contribution in [0.2, 0.25) is 0 Å². The first-order valence-corrected chi connectivity index (χ1v) is 9.03. The van der Waals surface area contributed by atoms with Crippen molar-refractivity contribution in [3.8, 4) is 5.75 Å². The smallest absolute Gasteiger partial charge is 0.263 e. The molecule has 1 amide bonds. The number of benzene rings is 1. The minimum absolute atomic E-state index is 0.0721. The second kappa shape index (κ2) is 8.02. The third-order valence-electron chi connectivity index (χ3n) is 4.98. The van der Waals surface area contributed by atoms with Gasteiger partial charge in [-0.25, -0.2) is 0 Å². The summed E-state index contributed by atoms with van der Waals surface area (Å²) in [6.45, 7) is 8.05. The van der Waals surface area contributed by atoms with Crippen LogP contribution >= 0.6 is 0 Å². The summed E-state index contributed by atoms with van der Waals surface area (Å²) >= 11 is 0. The molecule has 1 aromatic carbocycles. The van der Waals surface area contributed by atoms with Crippen LogP contribution in [-0.4, -0.2) is 41.2 Å². The molecule has 0 heterocycles. The van der Waals surface area contributed by atoms with Crippen LogP contribution in [0.3, 0.4) is 0 Å². The van der Waals surface area contributed by atoms with Gasteiger partial charge in [-0.1, -0.05) is 38.8 Å². The molecule has 134 valence electrons. The predicted octanol–water partition coefficient (Wildman–Crippen LogP) is 3.65. The molecule has 0 bridgehead atoms. The number of rotatable bonds is 5. The Morgan fingerprint density at radius 2 is 1.92 bits per heavy atom. The van der Waals surface area contributed by atoms with E-state index in [-0.39, 0.29) is 11.9 Å². The van der Waals surface area contributed by atoms with Crippen molar-refractivity contribution in [2.45, 2.75) is 77.5 Å². The summed E-state index contributed by atoms with van der Waals surface area (Å²) in [6, 6.07) is 6.04. The van der Waals surface area contributed by atoms with E-state index in [9.17, 15) is 9.90 Å². The summed E-state index contributed by atoms with van der Waals surface area (Å²) in [5, 5.41) is 10.2. The van der Waals surface area contributed by atoms with Gasteiger partial charge in [0.05, 0.1) is 12.1 Å². The highest BCUT2D eigenvalue weighted by Gasteiger charge is 2.32. The Bertz CT molecular complexity index is 570. The number of nitrogens with zero attached hydrogens (tertiary/aromatic N) is 1. The van der Waals surface area contributed by atoms with Crippen LogP contribution in [0.25, 0.3) is 0 Å². The first kappa shape index (κ1) is 18.8. The van der Waals surface area contributed by atoms with E-state index >= 15 is 0 Å². The van der Waals surface area contributed by atoms with E-state index in [0.29, 0.717) is 5.92 Å². The SMILES string of the molecule is Cc1ccc(C(C)C)c(O[C@H](C)C(=O)N(C)[C@@H]2CCCC[C@H]2O)c1. The van der Waals surface area contributed by atoms with Gasteiger partial charge < -0.3 is 14.7 Å². The molecule has 4 nitrogen and oxygen atoms in total. The summed E-state index contributed by atoms with van der Waals surface area (Å²) < 4.78 is 6.02. The second-order valence-corrected chi connectivity index (χ2v) is 7.32. The van der Waals surface area contributed by atoms with Gasteiger partial charge in [-0.05, 0) is 49.8 Å². The van der Waals surface area contributed by atoms with Gasteiger partial charge in [0.2, 0.25) is 0 Å². The number of aryl methyl sites for hydroxylation is 1. The molecule has 24 heavy (non-hydrogen) atoms. The fourth-order valence-electron chi connectivity index (χ4n) is 3.46.